The minimum atomic E-state index is -3.65. The normalized spacial score (nSPS) is 11.3. The van der Waals surface area contributed by atoms with Gasteiger partial charge in [0.25, 0.3) is 0 Å². The topological polar surface area (TPSA) is 81.4 Å². The van der Waals surface area contributed by atoms with Crippen LogP contribution in [0.25, 0.3) is 0 Å². The number of sulfonamides is 1. The summed E-state index contributed by atoms with van der Waals surface area (Å²) in [6.45, 7) is 0.148. The minimum absolute atomic E-state index is 0.0860. The lowest BCUT2D eigenvalue weighted by molar-refractivity contribution is 0.416. The molecule has 0 fully saturated rings. The fourth-order valence-corrected chi connectivity index (χ4v) is 3.05. The summed E-state index contributed by atoms with van der Waals surface area (Å²) >= 11 is 5.86. The Hall–Kier alpha value is -1.76. The zero-order valence-corrected chi connectivity index (χ0v) is 12.9. The standard InChI is InChI=1S/C14H15ClN2O3S/c1-20-14-6-5-12(8-13(14)16)21(18,19)17-9-10-3-2-4-11(15)7-10/h2-8,17H,9,16H2,1H3. The van der Waals surface area contributed by atoms with Crippen molar-refractivity contribution in [3.8, 4) is 5.75 Å². The van der Waals surface area contributed by atoms with Gasteiger partial charge in [-0.05, 0) is 35.9 Å². The number of hydrogen-bond donors (Lipinski definition) is 2. The molecule has 112 valence electrons. The highest BCUT2D eigenvalue weighted by atomic mass is 35.5. The second kappa shape index (κ2) is 6.34. The van der Waals surface area contributed by atoms with E-state index in [0.717, 1.165) is 5.56 Å². The highest BCUT2D eigenvalue weighted by Crippen LogP contribution is 2.24. The first-order chi connectivity index (χ1) is 9.92. The Morgan fingerprint density at radius 3 is 2.62 bits per heavy atom. The van der Waals surface area contributed by atoms with Gasteiger partial charge in [-0.25, -0.2) is 13.1 Å². The third-order valence-corrected chi connectivity index (χ3v) is 4.50. The van der Waals surface area contributed by atoms with Gasteiger partial charge in [-0.3, -0.25) is 0 Å². The van der Waals surface area contributed by atoms with Crippen molar-refractivity contribution in [2.75, 3.05) is 12.8 Å². The summed E-state index contributed by atoms with van der Waals surface area (Å²) < 4.78 is 31.9. The lowest BCUT2D eigenvalue weighted by Gasteiger charge is -2.09. The maximum Gasteiger partial charge on any atom is 0.240 e. The predicted octanol–water partition coefficient (Wildman–Crippen LogP) is 2.41. The monoisotopic (exact) mass is 326 g/mol. The van der Waals surface area contributed by atoms with Crippen LogP contribution in [0.2, 0.25) is 5.02 Å². The second-order valence-electron chi connectivity index (χ2n) is 4.36. The summed E-state index contributed by atoms with van der Waals surface area (Å²) in [5.74, 6) is 0.434. The van der Waals surface area contributed by atoms with Crippen LogP contribution in [0, 0.1) is 0 Å². The van der Waals surface area contributed by atoms with Crippen molar-refractivity contribution in [1.29, 1.82) is 0 Å². The molecule has 0 heterocycles. The van der Waals surface area contributed by atoms with E-state index in [1.807, 2.05) is 0 Å². The molecule has 21 heavy (non-hydrogen) atoms. The fraction of sp³-hybridized carbons (Fsp3) is 0.143. The van der Waals surface area contributed by atoms with Crippen LogP contribution in [0.15, 0.2) is 47.4 Å². The molecule has 5 nitrogen and oxygen atoms in total. The SMILES string of the molecule is COc1ccc(S(=O)(=O)NCc2cccc(Cl)c2)cc1N. The van der Waals surface area contributed by atoms with Crippen LogP contribution in [0.5, 0.6) is 5.75 Å². The zero-order valence-electron chi connectivity index (χ0n) is 11.3. The number of rotatable bonds is 5. The smallest absolute Gasteiger partial charge is 0.240 e. The van der Waals surface area contributed by atoms with E-state index in [1.54, 1.807) is 24.3 Å². The Kier molecular flexibility index (Phi) is 4.72. The lowest BCUT2D eigenvalue weighted by atomic mass is 10.2. The molecule has 0 atom stereocenters. The van der Waals surface area contributed by atoms with Gasteiger partial charge in [-0.2, -0.15) is 0 Å². The van der Waals surface area contributed by atoms with Crippen LogP contribution in [0.4, 0.5) is 5.69 Å². The maximum atomic E-state index is 12.2. The van der Waals surface area contributed by atoms with Crippen molar-refractivity contribution in [3.05, 3.63) is 53.1 Å². The number of hydrogen-bond acceptors (Lipinski definition) is 4. The minimum Gasteiger partial charge on any atom is -0.495 e. The first-order valence-electron chi connectivity index (χ1n) is 6.10. The molecule has 0 amide bonds. The predicted molar refractivity (Wildman–Crippen MR) is 82.9 cm³/mol. The van der Waals surface area contributed by atoms with Crippen molar-refractivity contribution >= 4 is 27.3 Å². The number of methoxy groups -OCH3 is 1. The fourth-order valence-electron chi connectivity index (χ4n) is 1.79. The number of halogens is 1. The molecule has 0 aliphatic rings. The Labute approximate surface area is 128 Å². The van der Waals surface area contributed by atoms with Crippen LogP contribution >= 0.6 is 11.6 Å². The van der Waals surface area contributed by atoms with Gasteiger partial charge in [-0.15, -0.1) is 0 Å². The molecule has 2 aromatic rings. The van der Waals surface area contributed by atoms with Gasteiger partial charge in [0.15, 0.2) is 0 Å². The van der Waals surface area contributed by atoms with E-state index in [1.165, 1.54) is 25.3 Å². The molecule has 7 heteroatoms. The van der Waals surface area contributed by atoms with Gasteiger partial charge < -0.3 is 10.5 Å². The molecule has 0 saturated carbocycles. The molecule has 0 radical (unpaired) electrons. The van der Waals surface area contributed by atoms with Gasteiger partial charge in [-0.1, -0.05) is 23.7 Å². The van der Waals surface area contributed by atoms with Crippen LogP contribution < -0.4 is 15.2 Å². The molecule has 2 rings (SSSR count). The number of ether oxygens (including phenoxy) is 1. The van der Waals surface area contributed by atoms with Gasteiger partial charge in [0, 0.05) is 11.6 Å². The number of nitrogens with one attached hydrogen (secondary N) is 1. The number of anilines is 1. The van der Waals surface area contributed by atoms with E-state index in [9.17, 15) is 8.42 Å². The zero-order chi connectivity index (χ0) is 15.5. The van der Waals surface area contributed by atoms with Gasteiger partial charge in [0.2, 0.25) is 10.0 Å². The molecule has 3 N–H and O–H groups in total. The van der Waals surface area contributed by atoms with Crippen LogP contribution in [0.3, 0.4) is 0 Å². The molecule has 0 saturated heterocycles. The molecule has 0 aliphatic carbocycles. The third-order valence-electron chi connectivity index (χ3n) is 2.87. The Morgan fingerprint density at radius 2 is 2.00 bits per heavy atom. The van der Waals surface area contributed by atoms with Crippen molar-refractivity contribution < 1.29 is 13.2 Å². The van der Waals surface area contributed by atoms with E-state index in [2.05, 4.69) is 4.72 Å². The second-order valence-corrected chi connectivity index (χ2v) is 6.56. The van der Waals surface area contributed by atoms with Crippen molar-refractivity contribution in [3.63, 3.8) is 0 Å². The number of benzene rings is 2. The van der Waals surface area contributed by atoms with E-state index in [-0.39, 0.29) is 17.1 Å². The van der Waals surface area contributed by atoms with Crippen LogP contribution in [0.1, 0.15) is 5.56 Å². The van der Waals surface area contributed by atoms with E-state index in [0.29, 0.717) is 10.8 Å². The van der Waals surface area contributed by atoms with Crippen molar-refractivity contribution in [1.82, 2.24) is 4.72 Å². The summed E-state index contributed by atoms with van der Waals surface area (Å²) in [4.78, 5) is 0.0860. The van der Waals surface area contributed by atoms with Gasteiger partial charge in [0.1, 0.15) is 5.75 Å². The maximum absolute atomic E-state index is 12.2. The molecular weight excluding hydrogens is 312 g/mol. The molecular formula is C14H15ClN2O3S. The largest absolute Gasteiger partial charge is 0.495 e. The van der Waals surface area contributed by atoms with Crippen LogP contribution in [-0.4, -0.2) is 15.5 Å². The average molecular weight is 327 g/mol. The Morgan fingerprint density at radius 1 is 1.24 bits per heavy atom. The van der Waals surface area contributed by atoms with E-state index >= 15 is 0 Å². The summed E-state index contributed by atoms with van der Waals surface area (Å²) in [5.41, 5.74) is 6.76. The molecule has 2 aromatic carbocycles. The number of nitrogens with two attached hydrogens (primary N) is 1. The summed E-state index contributed by atoms with van der Waals surface area (Å²) in [6, 6.07) is 11.3. The van der Waals surface area contributed by atoms with E-state index in [4.69, 9.17) is 22.1 Å². The van der Waals surface area contributed by atoms with Crippen molar-refractivity contribution in [2.45, 2.75) is 11.4 Å². The number of nitrogen functional groups attached to an aromatic ring is 1. The van der Waals surface area contributed by atoms with E-state index < -0.39 is 10.0 Å². The average Bonchev–Trinajstić information content (AvgIpc) is 2.45. The van der Waals surface area contributed by atoms with Gasteiger partial charge in [0.05, 0.1) is 17.7 Å². The summed E-state index contributed by atoms with van der Waals surface area (Å²) in [7, 11) is -2.18. The first kappa shape index (κ1) is 15.6. The highest BCUT2D eigenvalue weighted by Gasteiger charge is 2.15. The highest BCUT2D eigenvalue weighted by molar-refractivity contribution is 7.89. The molecule has 0 spiro atoms. The van der Waals surface area contributed by atoms with Gasteiger partial charge >= 0.3 is 0 Å². The first-order valence-corrected chi connectivity index (χ1v) is 7.96. The Balaban J connectivity index is 2.17. The van der Waals surface area contributed by atoms with Crippen molar-refractivity contribution in [2.24, 2.45) is 0 Å². The summed E-state index contributed by atoms with van der Waals surface area (Å²) in [6.07, 6.45) is 0. The van der Waals surface area contributed by atoms with Crippen LogP contribution in [-0.2, 0) is 16.6 Å². The molecule has 0 aromatic heterocycles. The molecule has 0 bridgehead atoms. The molecule has 0 aliphatic heterocycles. The molecule has 0 unspecified atom stereocenters. The lowest BCUT2D eigenvalue weighted by Crippen LogP contribution is -2.23. The third kappa shape index (κ3) is 3.87. The quantitative estimate of drug-likeness (QED) is 0.827. The Bertz CT molecular complexity index is 748. The summed E-state index contributed by atoms with van der Waals surface area (Å²) in [5, 5.41) is 0.556.